The number of carbonyl (C=O) groups is 2. The van der Waals surface area contributed by atoms with Gasteiger partial charge in [-0.3, -0.25) is 9.59 Å². The SMILES string of the molecule is NC(=O)C1(C(=O)N2CCCCCCCCC2)CCCCC1. The first-order valence-corrected chi connectivity index (χ1v) is 8.76. The normalized spacial score (nSPS) is 24.3. The van der Waals surface area contributed by atoms with E-state index >= 15 is 0 Å². The van der Waals surface area contributed by atoms with Crippen LogP contribution in [0.25, 0.3) is 0 Å². The maximum Gasteiger partial charge on any atom is 0.238 e. The summed E-state index contributed by atoms with van der Waals surface area (Å²) in [5.74, 6) is -0.375. The Morgan fingerprint density at radius 1 is 0.714 bits per heavy atom. The van der Waals surface area contributed by atoms with E-state index in [0.29, 0.717) is 12.8 Å². The zero-order valence-electron chi connectivity index (χ0n) is 13.2. The first kappa shape index (κ1) is 16.3. The van der Waals surface area contributed by atoms with Crippen LogP contribution in [0, 0.1) is 5.41 Å². The third kappa shape index (κ3) is 3.98. The molecule has 21 heavy (non-hydrogen) atoms. The minimum Gasteiger partial charge on any atom is -0.369 e. The van der Waals surface area contributed by atoms with Crippen LogP contribution in [0.3, 0.4) is 0 Å². The third-order valence-corrected chi connectivity index (χ3v) is 5.23. The molecule has 0 radical (unpaired) electrons. The topological polar surface area (TPSA) is 63.4 Å². The van der Waals surface area contributed by atoms with Gasteiger partial charge in [0, 0.05) is 13.1 Å². The second-order valence-electron chi connectivity index (χ2n) is 6.77. The van der Waals surface area contributed by atoms with E-state index in [4.69, 9.17) is 5.73 Å². The van der Waals surface area contributed by atoms with Crippen molar-refractivity contribution in [3.8, 4) is 0 Å². The zero-order valence-corrected chi connectivity index (χ0v) is 13.2. The maximum atomic E-state index is 13.0. The van der Waals surface area contributed by atoms with Gasteiger partial charge in [-0.25, -0.2) is 0 Å². The summed E-state index contributed by atoms with van der Waals surface area (Å²) in [6, 6.07) is 0. The molecule has 2 fully saturated rings. The van der Waals surface area contributed by atoms with Gasteiger partial charge in [0.1, 0.15) is 5.41 Å². The second-order valence-corrected chi connectivity index (χ2v) is 6.77. The quantitative estimate of drug-likeness (QED) is 0.796. The molecule has 120 valence electrons. The summed E-state index contributed by atoms with van der Waals surface area (Å²) < 4.78 is 0. The van der Waals surface area contributed by atoms with Crippen molar-refractivity contribution in [2.45, 2.75) is 77.0 Å². The molecule has 2 rings (SSSR count). The Labute approximate surface area is 128 Å². The highest BCUT2D eigenvalue weighted by atomic mass is 16.2. The largest absolute Gasteiger partial charge is 0.369 e. The fourth-order valence-corrected chi connectivity index (χ4v) is 3.83. The number of rotatable bonds is 2. The van der Waals surface area contributed by atoms with Gasteiger partial charge >= 0.3 is 0 Å². The molecule has 0 spiro atoms. The molecule has 2 N–H and O–H groups in total. The van der Waals surface area contributed by atoms with E-state index < -0.39 is 11.3 Å². The van der Waals surface area contributed by atoms with Gasteiger partial charge in [0.25, 0.3) is 0 Å². The molecule has 0 aromatic rings. The molecule has 1 aliphatic carbocycles. The monoisotopic (exact) mass is 294 g/mol. The lowest BCUT2D eigenvalue weighted by Crippen LogP contribution is -2.52. The molecule has 1 heterocycles. The van der Waals surface area contributed by atoms with Crippen LogP contribution in [0.1, 0.15) is 77.0 Å². The van der Waals surface area contributed by atoms with E-state index in [-0.39, 0.29) is 5.91 Å². The molecule has 4 heteroatoms. The fraction of sp³-hybridized carbons (Fsp3) is 0.882. The van der Waals surface area contributed by atoms with Gasteiger partial charge in [-0.05, 0) is 25.7 Å². The summed E-state index contributed by atoms with van der Waals surface area (Å²) in [4.78, 5) is 27.0. The van der Waals surface area contributed by atoms with Crippen LogP contribution >= 0.6 is 0 Å². The maximum absolute atomic E-state index is 13.0. The van der Waals surface area contributed by atoms with Crippen molar-refractivity contribution in [1.82, 2.24) is 4.90 Å². The number of amides is 2. The van der Waals surface area contributed by atoms with E-state index in [2.05, 4.69) is 0 Å². The average Bonchev–Trinajstić information content (AvgIpc) is 2.52. The molecule has 2 aliphatic rings. The summed E-state index contributed by atoms with van der Waals surface area (Å²) in [6.07, 6.45) is 12.6. The molecule has 0 aromatic carbocycles. The number of nitrogens with two attached hydrogens (primary N) is 1. The van der Waals surface area contributed by atoms with E-state index in [1.807, 2.05) is 4.90 Å². The van der Waals surface area contributed by atoms with Crippen LogP contribution in [0.5, 0.6) is 0 Å². The van der Waals surface area contributed by atoms with Gasteiger partial charge in [-0.1, -0.05) is 51.4 Å². The Morgan fingerprint density at radius 3 is 1.62 bits per heavy atom. The van der Waals surface area contributed by atoms with E-state index in [0.717, 1.165) is 45.2 Å². The van der Waals surface area contributed by atoms with E-state index in [1.165, 1.54) is 32.1 Å². The highest BCUT2D eigenvalue weighted by Crippen LogP contribution is 2.38. The van der Waals surface area contributed by atoms with Crippen molar-refractivity contribution in [2.24, 2.45) is 11.1 Å². The van der Waals surface area contributed by atoms with Crippen molar-refractivity contribution in [1.29, 1.82) is 0 Å². The number of nitrogens with zero attached hydrogens (tertiary/aromatic N) is 1. The van der Waals surface area contributed by atoms with Gasteiger partial charge in [0.05, 0.1) is 0 Å². The van der Waals surface area contributed by atoms with Crippen molar-refractivity contribution < 1.29 is 9.59 Å². The predicted molar refractivity (Wildman–Crippen MR) is 83.6 cm³/mol. The van der Waals surface area contributed by atoms with Crippen molar-refractivity contribution >= 4 is 11.8 Å². The molecule has 0 bridgehead atoms. The third-order valence-electron chi connectivity index (χ3n) is 5.23. The molecule has 1 saturated carbocycles. The second kappa shape index (κ2) is 7.81. The Balaban J connectivity index is 2.07. The lowest BCUT2D eigenvalue weighted by Gasteiger charge is -2.37. The van der Waals surface area contributed by atoms with Crippen molar-refractivity contribution in [3.63, 3.8) is 0 Å². The molecule has 0 unspecified atom stereocenters. The number of hydrogen-bond donors (Lipinski definition) is 1. The number of carbonyl (C=O) groups excluding carboxylic acids is 2. The Hall–Kier alpha value is -1.06. The minimum absolute atomic E-state index is 0.0234. The Bertz CT molecular complexity index is 352. The summed E-state index contributed by atoms with van der Waals surface area (Å²) >= 11 is 0. The molecule has 1 aliphatic heterocycles. The molecule has 2 amide bonds. The molecule has 4 nitrogen and oxygen atoms in total. The van der Waals surface area contributed by atoms with Gasteiger partial charge in [0.15, 0.2) is 0 Å². The lowest BCUT2D eigenvalue weighted by molar-refractivity contribution is -0.152. The Morgan fingerprint density at radius 2 is 1.14 bits per heavy atom. The van der Waals surface area contributed by atoms with Crippen molar-refractivity contribution in [2.75, 3.05) is 13.1 Å². The lowest BCUT2D eigenvalue weighted by atomic mass is 9.72. The number of hydrogen-bond acceptors (Lipinski definition) is 2. The minimum atomic E-state index is -0.900. The van der Waals surface area contributed by atoms with Gasteiger partial charge in [0.2, 0.25) is 11.8 Å². The molecule has 0 atom stereocenters. The molecule has 0 aromatic heterocycles. The van der Waals surface area contributed by atoms with Crippen LogP contribution in [0.15, 0.2) is 0 Å². The molecular weight excluding hydrogens is 264 g/mol. The van der Waals surface area contributed by atoms with Gasteiger partial charge in [-0.2, -0.15) is 0 Å². The summed E-state index contributed by atoms with van der Waals surface area (Å²) in [6.45, 7) is 1.60. The highest BCUT2D eigenvalue weighted by molar-refractivity contribution is 6.04. The van der Waals surface area contributed by atoms with Crippen LogP contribution in [-0.2, 0) is 9.59 Å². The van der Waals surface area contributed by atoms with E-state index in [1.54, 1.807) is 0 Å². The Kier molecular flexibility index (Phi) is 6.07. The van der Waals surface area contributed by atoms with Crippen LogP contribution in [0.2, 0.25) is 0 Å². The first-order valence-electron chi connectivity index (χ1n) is 8.76. The molecule has 1 saturated heterocycles. The number of primary amides is 1. The standard InChI is InChI=1S/C17H30N2O2/c18-15(20)17(11-7-6-8-12-17)16(21)19-13-9-4-2-1-3-5-10-14-19/h1-14H2,(H2,18,20). The molecular formula is C17H30N2O2. The van der Waals surface area contributed by atoms with Crippen LogP contribution < -0.4 is 5.73 Å². The summed E-state index contributed by atoms with van der Waals surface area (Å²) in [7, 11) is 0. The summed E-state index contributed by atoms with van der Waals surface area (Å²) in [5.41, 5.74) is 4.75. The smallest absolute Gasteiger partial charge is 0.238 e. The van der Waals surface area contributed by atoms with Crippen LogP contribution in [-0.4, -0.2) is 29.8 Å². The fourth-order valence-electron chi connectivity index (χ4n) is 3.83. The van der Waals surface area contributed by atoms with Gasteiger partial charge in [-0.15, -0.1) is 0 Å². The predicted octanol–water partition coefficient (Wildman–Crippen LogP) is 3.00. The average molecular weight is 294 g/mol. The van der Waals surface area contributed by atoms with Crippen molar-refractivity contribution in [3.05, 3.63) is 0 Å². The summed E-state index contributed by atoms with van der Waals surface area (Å²) in [5, 5.41) is 0. The first-order chi connectivity index (χ1) is 10.2. The highest BCUT2D eigenvalue weighted by Gasteiger charge is 2.46. The zero-order chi connectivity index (χ0) is 15.1. The van der Waals surface area contributed by atoms with E-state index in [9.17, 15) is 9.59 Å². The van der Waals surface area contributed by atoms with Gasteiger partial charge < -0.3 is 10.6 Å². The van der Waals surface area contributed by atoms with Crippen LogP contribution in [0.4, 0.5) is 0 Å².